The second-order valence-electron chi connectivity index (χ2n) is 6.43. The molecule has 6 nitrogen and oxygen atoms in total. The van der Waals surface area contributed by atoms with Crippen molar-refractivity contribution < 1.29 is 17.9 Å². The third-order valence-corrected chi connectivity index (χ3v) is 5.75. The largest absolute Gasteiger partial charge is 0.484 e. The minimum Gasteiger partial charge on any atom is -0.484 e. The van der Waals surface area contributed by atoms with Gasteiger partial charge in [-0.15, -0.1) is 0 Å². The molecule has 29 heavy (non-hydrogen) atoms. The molecule has 0 radical (unpaired) electrons. The minimum absolute atomic E-state index is 0.126. The summed E-state index contributed by atoms with van der Waals surface area (Å²) in [7, 11) is -3.68. The van der Waals surface area contributed by atoms with E-state index in [-0.39, 0.29) is 23.5 Å². The Morgan fingerprint density at radius 3 is 2.10 bits per heavy atom. The third-order valence-electron chi connectivity index (χ3n) is 4.19. The zero-order valence-electron chi connectivity index (χ0n) is 15.9. The molecule has 1 atom stereocenters. The molecule has 1 amide bonds. The Balaban J connectivity index is 1.57. The number of carbonyl (C=O) groups is 1. The molecular weight excluding hydrogens is 388 g/mol. The molecule has 0 fully saturated rings. The number of sulfonamides is 1. The molecule has 0 heterocycles. The highest BCUT2D eigenvalue weighted by Crippen LogP contribution is 2.19. The lowest BCUT2D eigenvalue weighted by Gasteiger charge is -2.15. The highest BCUT2D eigenvalue weighted by molar-refractivity contribution is 7.89. The first-order valence-electron chi connectivity index (χ1n) is 9.09. The smallest absolute Gasteiger partial charge is 0.262 e. The summed E-state index contributed by atoms with van der Waals surface area (Å²) in [5, 5.41) is 2.72. The van der Waals surface area contributed by atoms with Gasteiger partial charge >= 0.3 is 0 Å². The predicted molar refractivity (Wildman–Crippen MR) is 112 cm³/mol. The van der Waals surface area contributed by atoms with E-state index < -0.39 is 10.0 Å². The van der Waals surface area contributed by atoms with Crippen molar-refractivity contribution in [1.29, 1.82) is 0 Å². The number of ether oxygens (including phenoxy) is 1. The molecule has 3 aromatic rings. The molecule has 150 valence electrons. The maximum Gasteiger partial charge on any atom is 0.262 e. The summed E-state index contributed by atoms with van der Waals surface area (Å²) in [5.41, 5.74) is 1.56. The number of amides is 1. The molecule has 0 aliphatic carbocycles. The van der Waals surface area contributed by atoms with Gasteiger partial charge in [-0.1, -0.05) is 48.5 Å². The predicted octanol–water partition coefficient (Wildman–Crippen LogP) is 3.74. The van der Waals surface area contributed by atoms with Crippen molar-refractivity contribution in [3.8, 4) is 5.75 Å². The summed E-state index contributed by atoms with van der Waals surface area (Å²) >= 11 is 0. The molecular formula is C22H22N2O4S. The average molecular weight is 410 g/mol. The summed E-state index contributed by atoms with van der Waals surface area (Å²) in [4.78, 5) is 12.1. The van der Waals surface area contributed by atoms with Crippen LogP contribution in [0.4, 0.5) is 5.69 Å². The van der Waals surface area contributed by atoms with Crippen LogP contribution in [0.1, 0.15) is 18.5 Å². The second kappa shape index (κ2) is 9.36. The summed E-state index contributed by atoms with van der Waals surface area (Å²) in [6, 6.07) is 24.0. The number of carbonyl (C=O) groups excluding carboxylic acids is 1. The number of hydrogen-bond donors (Lipinski definition) is 2. The van der Waals surface area contributed by atoms with Gasteiger partial charge in [0.25, 0.3) is 5.91 Å². The number of rotatable bonds is 8. The van der Waals surface area contributed by atoms with Crippen molar-refractivity contribution in [1.82, 2.24) is 4.72 Å². The Morgan fingerprint density at radius 1 is 0.897 bits per heavy atom. The van der Waals surface area contributed by atoms with Crippen LogP contribution < -0.4 is 14.8 Å². The van der Waals surface area contributed by atoms with Crippen LogP contribution in [0.3, 0.4) is 0 Å². The Kier molecular flexibility index (Phi) is 6.64. The van der Waals surface area contributed by atoms with Crippen LogP contribution in [-0.2, 0) is 14.8 Å². The van der Waals surface area contributed by atoms with Gasteiger partial charge in [0.05, 0.1) is 4.90 Å². The Labute approximate surface area is 170 Å². The molecule has 0 bridgehead atoms. The lowest BCUT2D eigenvalue weighted by molar-refractivity contribution is -0.118. The Morgan fingerprint density at radius 2 is 1.48 bits per heavy atom. The van der Waals surface area contributed by atoms with E-state index in [9.17, 15) is 13.2 Å². The summed E-state index contributed by atoms with van der Waals surface area (Å²) < 4.78 is 33.2. The maximum atomic E-state index is 12.6. The monoisotopic (exact) mass is 410 g/mol. The SMILES string of the molecule is CC(NS(=O)(=O)c1ccc(OCC(=O)Nc2ccccc2)cc1)c1ccccc1. The number of hydrogen-bond acceptors (Lipinski definition) is 4. The molecule has 0 aromatic heterocycles. The summed E-state index contributed by atoms with van der Waals surface area (Å²) in [6.45, 7) is 1.61. The first-order chi connectivity index (χ1) is 13.9. The van der Waals surface area contributed by atoms with E-state index in [4.69, 9.17) is 4.74 Å². The first-order valence-corrected chi connectivity index (χ1v) is 10.6. The highest BCUT2D eigenvalue weighted by Gasteiger charge is 2.18. The number of anilines is 1. The lowest BCUT2D eigenvalue weighted by Crippen LogP contribution is -2.26. The van der Waals surface area contributed by atoms with Crippen LogP contribution in [0.25, 0.3) is 0 Å². The van der Waals surface area contributed by atoms with Gasteiger partial charge in [-0.2, -0.15) is 0 Å². The van der Waals surface area contributed by atoms with E-state index in [0.717, 1.165) is 5.56 Å². The molecule has 0 saturated carbocycles. The number of benzene rings is 3. The molecule has 3 rings (SSSR count). The molecule has 3 aromatic carbocycles. The molecule has 1 unspecified atom stereocenters. The van der Waals surface area contributed by atoms with Crippen molar-refractivity contribution in [3.63, 3.8) is 0 Å². The van der Waals surface area contributed by atoms with E-state index in [1.54, 1.807) is 19.1 Å². The normalized spacial score (nSPS) is 12.2. The van der Waals surface area contributed by atoms with Crippen molar-refractivity contribution in [3.05, 3.63) is 90.5 Å². The fourth-order valence-corrected chi connectivity index (χ4v) is 3.92. The molecule has 2 N–H and O–H groups in total. The zero-order chi connectivity index (χ0) is 20.7. The topological polar surface area (TPSA) is 84.5 Å². The van der Waals surface area contributed by atoms with E-state index >= 15 is 0 Å². The van der Waals surface area contributed by atoms with Crippen molar-refractivity contribution in [2.45, 2.75) is 17.9 Å². The van der Waals surface area contributed by atoms with E-state index in [1.807, 2.05) is 48.5 Å². The van der Waals surface area contributed by atoms with E-state index in [1.165, 1.54) is 24.3 Å². The standard InChI is InChI=1S/C22H22N2O4S/c1-17(18-8-4-2-5-9-18)24-29(26,27)21-14-12-20(13-15-21)28-16-22(25)23-19-10-6-3-7-11-19/h2-15,17,24H,16H2,1H3,(H,23,25). The van der Waals surface area contributed by atoms with E-state index in [0.29, 0.717) is 11.4 Å². The third kappa shape index (κ3) is 5.91. The molecule has 0 aliphatic rings. The molecule has 0 aliphatic heterocycles. The van der Waals surface area contributed by atoms with Gasteiger partial charge in [-0.05, 0) is 48.9 Å². The summed E-state index contributed by atoms with van der Waals surface area (Å²) in [5.74, 6) is 0.106. The van der Waals surface area contributed by atoms with Gasteiger partial charge in [0.15, 0.2) is 6.61 Å². The number of nitrogens with one attached hydrogen (secondary N) is 2. The van der Waals surface area contributed by atoms with Crippen molar-refractivity contribution in [2.24, 2.45) is 0 Å². The minimum atomic E-state index is -3.68. The van der Waals surface area contributed by atoms with Crippen molar-refractivity contribution >= 4 is 21.6 Å². The highest BCUT2D eigenvalue weighted by atomic mass is 32.2. The Bertz CT molecular complexity index is 1040. The van der Waals surface area contributed by atoms with Crippen LogP contribution in [0, 0.1) is 0 Å². The quantitative estimate of drug-likeness (QED) is 0.592. The van der Waals surface area contributed by atoms with Crippen LogP contribution in [0.5, 0.6) is 5.75 Å². The fraction of sp³-hybridized carbons (Fsp3) is 0.136. The first kappa shape index (κ1) is 20.6. The number of para-hydroxylation sites is 1. The summed E-state index contributed by atoms with van der Waals surface area (Å²) in [6.07, 6.45) is 0. The van der Waals surface area contributed by atoms with Gasteiger partial charge < -0.3 is 10.1 Å². The van der Waals surface area contributed by atoms with Gasteiger partial charge in [0.1, 0.15) is 5.75 Å². The zero-order valence-corrected chi connectivity index (χ0v) is 16.7. The average Bonchev–Trinajstić information content (AvgIpc) is 2.73. The van der Waals surface area contributed by atoms with Gasteiger partial charge in [-0.3, -0.25) is 4.79 Å². The molecule has 7 heteroatoms. The van der Waals surface area contributed by atoms with Gasteiger partial charge in [0.2, 0.25) is 10.0 Å². The Hall–Kier alpha value is -3.16. The lowest BCUT2D eigenvalue weighted by atomic mass is 10.1. The molecule has 0 saturated heterocycles. The maximum absolute atomic E-state index is 12.6. The van der Waals surface area contributed by atoms with Gasteiger partial charge in [0, 0.05) is 11.7 Å². The fourth-order valence-electron chi connectivity index (χ4n) is 2.69. The van der Waals surface area contributed by atoms with Crippen LogP contribution in [-0.4, -0.2) is 20.9 Å². The van der Waals surface area contributed by atoms with Crippen LogP contribution >= 0.6 is 0 Å². The van der Waals surface area contributed by atoms with Crippen LogP contribution in [0.2, 0.25) is 0 Å². The van der Waals surface area contributed by atoms with E-state index in [2.05, 4.69) is 10.0 Å². The van der Waals surface area contributed by atoms with Gasteiger partial charge in [-0.25, -0.2) is 13.1 Å². The molecule has 0 spiro atoms. The van der Waals surface area contributed by atoms with Crippen molar-refractivity contribution in [2.75, 3.05) is 11.9 Å². The second-order valence-corrected chi connectivity index (χ2v) is 8.14. The van der Waals surface area contributed by atoms with Crippen LogP contribution in [0.15, 0.2) is 89.8 Å².